The molecule has 2 aromatic rings. The molecule has 0 unspecified atom stereocenters. The number of hydrogen-bond acceptors (Lipinski definition) is 4. The van der Waals surface area contributed by atoms with Crippen molar-refractivity contribution >= 4 is 11.7 Å². The van der Waals surface area contributed by atoms with E-state index >= 15 is 0 Å². The SMILES string of the molecule is CC(=O)c1c(C)[nH]c(C(=O)N(CCC#N)Cc2cccnc2)c1C. The largest absolute Gasteiger partial charge is 0.354 e. The number of amides is 1. The van der Waals surface area contributed by atoms with Gasteiger partial charge in [-0.25, -0.2) is 0 Å². The van der Waals surface area contributed by atoms with Crippen molar-refractivity contribution < 1.29 is 9.59 Å². The monoisotopic (exact) mass is 324 g/mol. The number of nitrogens with one attached hydrogen (secondary N) is 1. The van der Waals surface area contributed by atoms with Crippen LogP contribution in [0.1, 0.15) is 51.0 Å². The number of pyridine rings is 1. The fourth-order valence-electron chi connectivity index (χ4n) is 2.80. The highest BCUT2D eigenvalue weighted by Gasteiger charge is 2.24. The van der Waals surface area contributed by atoms with Crippen LogP contribution in [0.4, 0.5) is 0 Å². The standard InChI is InChI=1S/C18H20N4O2/c1-12-16(14(3)23)13(2)21-17(12)18(24)22(9-5-7-19)11-15-6-4-8-20-10-15/h4,6,8,10,21H,5,9,11H2,1-3H3. The number of ketones is 1. The summed E-state index contributed by atoms with van der Waals surface area (Å²) in [6.45, 7) is 5.71. The lowest BCUT2D eigenvalue weighted by atomic mass is 10.1. The zero-order valence-electron chi connectivity index (χ0n) is 14.1. The van der Waals surface area contributed by atoms with E-state index in [9.17, 15) is 9.59 Å². The molecule has 0 aromatic carbocycles. The molecule has 2 aromatic heterocycles. The molecule has 0 aliphatic rings. The molecular weight excluding hydrogens is 304 g/mol. The van der Waals surface area contributed by atoms with Gasteiger partial charge in [0.1, 0.15) is 5.69 Å². The zero-order valence-corrected chi connectivity index (χ0v) is 14.1. The van der Waals surface area contributed by atoms with Crippen LogP contribution in [0.3, 0.4) is 0 Å². The number of aryl methyl sites for hydroxylation is 1. The molecule has 6 heteroatoms. The number of carbonyl (C=O) groups excluding carboxylic acids is 2. The number of aromatic nitrogens is 2. The van der Waals surface area contributed by atoms with Gasteiger partial charge in [0.2, 0.25) is 0 Å². The van der Waals surface area contributed by atoms with Gasteiger partial charge in [-0.15, -0.1) is 0 Å². The summed E-state index contributed by atoms with van der Waals surface area (Å²) < 4.78 is 0. The number of Topliss-reactive ketones (excluding diaryl/α,β-unsaturated/α-hetero) is 1. The lowest BCUT2D eigenvalue weighted by Gasteiger charge is -2.21. The molecule has 0 saturated carbocycles. The Hall–Kier alpha value is -2.94. The van der Waals surface area contributed by atoms with E-state index in [2.05, 4.69) is 16.0 Å². The number of nitriles is 1. The molecule has 0 spiro atoms. The van der Waals surface area contributed by atoms with Crippen molar-refractivity contribution in [3.8, 4) is 6.07 Å². The van der Waals surface area contributed by atoms with E-state index < -0.39 is 0 Å². The molecule has 0 fully saturated rings. The normalized spacial score (nSPS) is 10.2. The predicted octanol–water partition coefficient (Wildman–Crippen LogP) is 2.79. The van der Waals surface area contributed by atoms with Crippen molar-refractivity contribution in [3.05, 3.63) is 52.6 Å². The van der Waals surface area contributed by atoms with Gasteiger partial charge in [0.05, 0.1) is 12.5 Å². The van der Waals surface area contributed by atoms with Gasteiger partial charge in [-0.2, -0.15) is 5.26 Å². The first-order valence-electron chi connectivity index (χ1n) is 7.71. The molecule has 2 rings (SSSR count). The van der Waals surface area contributed by atoms with Gasteiger partial charge in [-0.3, -0.25) is 14.6 Å². The summed E-state index contributed by atoms with van der Waals surface area (Å²) in [5, 5.41) is 8.86. The lowest BCUT2D eigenvalue weighted by Crippen LogP contribution is -2.32. The highest BCUT2D eigenvalue weighted by atomic mass is 16.2. The van der Waals surface area contributed by atoms with Crippen molar-refractivity contribution in [1.82, 2.24) is 14.9 Å². The van der Waals surface area contributed by atoms with Crippen LogP contribution in [0.15, 0.2) is 24.5 Å². The third-order valence-corrected chi connectivity index (χ3v) is 3.88. The highest BCUT2D eigenvalue weighted by Crippen LogP contribution is 2.20. The predicted molar refractivity (Wildman–Crippen MR) is 89.5 cm³/mol. The molecule has 0 radical (unpaired) electrons. The number of carbonyl (C=O) groups is 2. The van der Waals surface area contributed by atoms with Crippen LogP contribution in [0.25, 0.3) is 0 Å². The number of H-pyrrole nitrogens is 1. The molecular formula is C18H20N4O2. The highest BCUT2D eigenvalue weighted by molar-refractivity contribution is 6.02. The first-order chi connectivity index (χ1) is 11.5. The quantitative estimate of drug-likeness (QED) is 0.827. The maximum atomic E-state index is 12.9. The average molecular weight is 324 g/mol. The van der Waals surface area contributed by atoms with Gasteiger partial charge in [0.15, 0.2) is 5.78 Å². The summed E-state index contributed by atoms with van der Waals surface area (Å²) in [4.78, 5) is 33.4. The summed E-state index contributed by atoms with van der Waals surface area (Å²) in [6.07, 6.45) is 3.60. The number of aromatic amines is 1. The van der Waals surface area contributed by atoms with Gasteiger partial charge in [-0.05, 0) is 38.0 Å². The van der Waals surface area contributed by atoms with Gasteiger partial charge < -0.3 is 9.88 Å². The van der Waals surface area contributed by atoms with E-state index in [4.69, 9.17) is 5.26 Å². The van der Waals surface area contributed by atoms with Crippen molar-refractivity contribution in [2.45, 2.75) is 33.7 Å². The third kappa shape index (κ3) is 3.69. The second-order valence-corrected chi connectivity index (χ2v) is 5.68. The Labute approximate surface area is 141 Å². The Morgan fingerprint density at radius 1 is 1.38 bits per heavy atom. The zero-order chi connectivity index (χ0) is 17.7. The molecule has 1 amide bonds. The molecule has 0 atom stereocenters. The van der Waals surface area contributed by atoms with Crippen LogP contribution in [-0.4, -0.2) is 33.1 Å². The summed E-state index contributed by atoms with van der Waals surface area (Å²) in [5.41, 5.74) is 3.18. The summed E-state index contributed by atoms with van der Waals surface area (Å²) in [5.74, 6) is -0.293. The van der Waals surface area contributed by atoms with Crippen LogP contribution < -0.4 is 0 Å². The van der Waals surface area contributed by atoms with E-state index in [-0.39, 0.29) is 18.1 Å². The molecule has 6 nitrogen and oxygen atoms in total. The van der Waals surface area contributed by atoms with Crippen LogP contribution in [0.2, 0.25) is 0 Å². The molecule has 24 heavy (non-hydrogen) atoms. The minimum atomic E-state index is -0.220. The van der Waals surface area contributed by atoms with Crippen LogP contribution >= 0.6 is 0 Å². The van der Waals surface area contributed by atoms with Gasteiger partial charge in [0, 0.05) is 36.7 Å². The fourth-order valence-corrected chi connectivity index (χ4v) is 2.80. The Morgan fingerprint density at radius 2 is 2.12 bits per heavy atom. The lowest BCUT2D eigenvalue weighted by molar-refractivity contribution is 0.0740. The van der Waals surface area contributed by atoms with Gasteiger partial charge >= 0.3 is 0 Å². The minimum absolute atomic E-state index is 0.0730. The molecule has 0 aliphatic heterocycles. The Balaban J connectivity index is 2.33. The Bertz CT molecular complexity index is 787. The first kappa shape index (κ1) is 17.4. The average Bonchev–Trinajstić information content (AvgIpc) is 2.86. The maximum absolute atomic E-state index is 12.9. The van der Waals surface area contributed by atoms with Crippen LogP contribution in [0, 0.1) is 25.2 Å². The fraction of sp³-hybridized carbons (Fsp3) is 0.333. The van der Waals surface area contributed by atoms with Crippen LogP contribution in [0.5, 0.6) is 0 Å². The molecule has 124 valence electrons. The Morgan fingerprint density at radius 3 is 2.67 bits per heavy atom. The first-order valence-corrected chi connectivity index (χ1v) is 7.71. The van der Waals surface area contributed by atoms with Crippen molar-refractivity contribution in [2.75, 3.05) is 6.54 Å². The third-order valence-electron chi connectivity index (χ3n) is 3.88. The number of nitrogens with zero attached hydrogens (tertiary/aromatic N) is 3. The summed E-state index contributed by atoms with van der Waals surface area (Å²) in [7, 11) is 0. The smallest absolute Gasteiger partial charge is 0.270 e. The maximum Gasteiger partial charge on any atom is 0.270 e. The van der Waals surface area contributed by atoms with E-state index in [1.165, 1.54) is 6.92 Å². The molecule has 0 bridgehead atoms. The molecule has 0 saturated heterocycles. The van der Waals surface area contributed by atoms with Crippen LogP contribution in [-0.2, 0) is 6.54 Å². The minimum Gasteiger partial charge on any atom is -0.354 e. The number of rotatable bonds is 6. The molecule has 2 heterocycles. The van der Waals surface area contributed by atoms with Crippen molar-refractivity contribution in [2.24, 2.45) is 0 Å². The second-order valence-electron chi connectivity index (χ2n) is 5.68. The van der Waals surface area contributed by atoms with Gasteiger partial charge in [-0.1, -0.05) is 6.07 Å². The van der Waals surface area contributed by atoms with E-state index in [0.717, 1.165) is 5.56 Å². The van der Waals surface area contributed by atoms with E-state index in [0.29, 0.717) is 35.6 Å². The van der Waals surface area contributed by atoms with Crippen molar-refractivity contribution in [1.29, 1.82) is 5.26 Å². The second kappa shape index (κ2) is 7.55. The van der Waals surface area contributed by atoms with Gasteiger partial charge in [0.25, 0.3) is 5.91 Å². The summed E-state index contributed by atoms with van der Waals surface area (Å²) >= 11 is 0. The van der Waals surface area contributed by atoms with E-state index in [1.807, 2.05) is 6.07 Å². The summed E-state index contributed by atoms with van der Waals surface area (Å²) in [6, 6.07) is 5.75. The molecule has 0 aliphatic carbocycles. The Kier molecular flexibility index (Phi) is 5.48. The molecule has 1 N–H and O–H groups in total. The van der Waals surface area contributed by atoms with E-state index in [1.54, 1.807) is 37.2 Å². The number of hydrogen-bond donors (Lipinski definition) is 1. The van der Waals surface area contributed by atoms with Crippen molar-refractivity contribution in [3.63, 3.8) is 0 Å². The topological polar surface area (TPSA) is 89.9 Å².